The predicted octanol–water partition coefficient (Wildman–Crippen LogP) is 16.5. The van der Waals surface area contributed by atoms with E-state index in [4.69, 9.17) is 0 Å². The van der Waals surface area contributed by atoms with Crippen LogP contribution < -0.4 is 20.6 Å². The van der Waals surface area contributed by atoms with E-state index in [1.807, 2.05) is 22.7 Å². The molecule has 0 spiro atoms. The molecule has 0 saturated carbocycles. The lowest BCUT2D eigenvalue weighted by atomic mass is 9.43. The molecule has 2 aromatic heterocycles. The summed E-state index contributed by atoms with van der Waals surface area (Å²) in [6, 6.07) is 62.9. The highest BCUT2D eigenvalue weighted by Gasteiger charge is 2.51. The molecule has 0 fully saturated rings. The lowest BCUT2D eigenvalue weighted by Gasteiger charge is -2.46. The quantitative estimate of drug-likeness (QED) is 0.163. The van der Waals surface area contributed by atoms with E-state index in [1.165, 1.54) is 125 Å². The van der Waals surface area contributed by atoms with Crippen molar-refractivity contribution in [2.45, 2.75) is 71.6 Å². The first kappa shape index (κ1) is 39.9. The molecular formula is C61H51BN2S2. The Hall–Kier alpha value is -6.40. The van der Waals surface area contributed by atoms with Crippen LogP contribution in [0.1, 0.15) is 77.6 Å². The Morgan fingerprint density at radius 1 is 0.500 bits per heavy atom. The van der Waals surface area contributed by atoms with Crippen molar-refractivity contribution < 1.29 is 0 Å². The van der Waals surface area contributed by atoms with Crippen LogP contribution in [0.3, 0.4) is 0 Å². The fourth-order valence-electron chi connectivity index (χ4n) is 11.7. The summed E-state index contributed by atoms with van der Waals surface area (Å²) in [6.07, 6.45) is 0. The molecule has 4 heterocycles. The number of anilines is 5. The summed E-state index contributed by atoms with van der Waals surface area (Å²) in [5, 5.41) is 5.25. The van der Waals surface area contributed by atoms with Crippen LogP contribution in [0.25, 0.3) is 63.6 Å². The molecule has 320 valence electrons. The van der Waals surface area contributed by atoms with E-state index in [1.54, 1.807) is 0 Å². The van der Waals surface area contributed by atoms with Crippen LogP contribution in [-0.4, -0.2) is 6.85 Å². The highest BCUT2D eigenvalue weighted by molar-refractivity contribution is 7.27. The standard InChI is InChI=1S/C61H51BN2S2/c1-59(2,3)37-26-29-39(30-27-37)64-56-44(32-31-42-41-21-13-16-24-50(41)65-57(42)56)52-53-46(40-20-12-15-23-47(40)61(53,7)8)35-49-55(52)62(64)54-43-22-14-17-25-51(43)66-58(54)63(49)48-33-28-38(60(4,5)6)34-45(48)36-18-10-9-11-19-36/h9-35H,1-8H3. The van der Waals surface area contributed by atoms with Gasteiger partial charge in [-0.1, -0.05) is 177 Å². The van der Waals surface area contributed by atoms with E-state index in [0.29, 0.717) is 0 Å². The Morgan fingerprint density at radius 2 is 1.15 bits per heavy atom. The number of hydrogen-bond acceptors (Lipinski definition) is 4. The summed E-state index contributed by atoms with van der Waals surface area (Å²) in [5.41, 5.74) is 20.9. The molecule has 2 aliphatic heterocycles. The molecule has 0 amide bonds. The molecule has 0 bridgehead atoms. The molecular weight excluding hydrogens is 836 g/mol. The van der Waals surface area contributed by atoms with E-state index in [9.17, 15) is 0 Å². The van der Waals surface area contributed by atoms with Crippen molar-refractivity contribution in [3.8, 4) is 33.4 Å². The molecule has 0 radical (unpaired) electrons. The van der Waals surface area contributed by atoms with Gasteiger partial charge in [-0.15, -0.1) is 22.7 Å². The van der Waals surface area contributed by atoms with Crippen LogP contribution in [0.2, 0.25) is 0 Å². The first-order valence-corrected chi connectivity index (χ1v) is 25.1. The van der Waals surface area contributed by atoms with E-state index in [2.05, 4.69) is 229 Å². The largest absolute Gasteiger partial charge is 0.375 e. The number of hydrogen-bond donors (Lipinski definition) is 0. The monoisotopic (exact) mass is 886 g/mol. The van der Waals surface area contributed by atoms with Gasteiger partial charge in [0, 0.05) is 48.1 Å². The fraction of sp³-hybridized carbons (Fsp3) is 0.180. The predicted molar refractivity (Wildman–Crippen MR) is 289 cm³/mol. The van der Waals surface area contributed by atoms with Crippen molar-refractivity contribution in [3.05, 3.63) is 186 Å². The summed E-state index contributed by atoms with van der Waals surface area (Å²) >= 11 is 3.89. The lowest BCUT2D eigenvalue weighted by Crippen LogP contribution is -2.61. The van der Waals surface area contributed by atoms with Crippen LogP contribution in [0.4, 0.5) is 27.8 Å². The SMILES string of the molecule is CC(C)(C)c1ccc(N2B3c4c(cc5c(c4-c4ccc6c(sc7ccccc76)c42)C(C)(C)c2ccccc2-5)N(c2ccc(C(C)(C)C)cc2-c2ccccc2)c2sc4ccccc4c23)cc1. The van der Waals surface area contributed by atoms with Gasteiger partial charge in [-0.05, 0) is 114 Å². The lowest BCUT2D eigenvalue weighted by molar-refractivity contribution is 0.590. The van der Waals surface area contributed by atoms with Gasteiger partial charge in [0.2, 0.25) is 0 Å². The normalized spacial score (nSPS) is 14.7. The smallest absolute Gasteiger partial charge is 0.334 e. The molecule has 3 aliphatic rings. The maximum Gasteiger partial charge on any atom is 0.334 e. The summed E-state index contributed by atoms with van der Waals surface area (Å²) in [4.78, 5) is 5.45. The number of nitrogens with zero attached hydrogens (tertiary/aromatic N) is 2. The first-order valence-electron chi connectivity index (χ1n) is 23.5. The highest BCUT2D eigenvalue weighted by Crippen LogP contribution is 2.60. The van der Waals surface area contributed by atoms with Crippen molar-refractivity contribution in [1.29, 1.82) is 0 Å². The molecule has 66 heavy (non-hydrogen) atoms. The Labute approximate surface area is 396 Å². The second-order valence-electron chi connectivity index (χ2n) is 21.3. The molecule has 0 saturated heterocycles. The third kappa shape index (κ3) is 5.54. The first-order chi connectivity index (χ1) is 31.8. The Balaban J connectivity index is 1.23. The zero-order valence-corrected chi connectivity index (χ0v) is 40.5. The van der Waals surface area contributed by atoms with Crippen LogP contribution in [-0.2, 0) is 16.2 Å². The van der Waals surface area contributed by atoms with Gasteiger partial charge >= 0.3 is 6.85 Å². The van der Waals surface area contributed by atoms with E-state index >= 15 is 0 Å². The van der Waals surface area contributed by atoms with Gasteiger partial charge in [-0.3, -0.25) is 0 Å². The average Bonchev–Trinajstić information content (AvgIpc) is 3.96. The fourth-order valence-corrected chi connectivity index (χ4v) is 14.2. The highest BCUT2D eigenvalue weighted by atomic mass is 32.1. The molecule has 8 aromatic carbocycles. The van der Waals surface area contributed by atoms with Crippen molar-refractivity contribution in [1.82, 2.24) is 0 Å². The van der Waals surface area contributed by atoms with Crippen molar-refractivity contribution in [2.75, 3.05) is 9.71 Å². The molecule has 0 atom stereocenters. The van der Waals surface area contributed by atoms with Gasteiger partial charge in [-0.2, -0.15) is 0 Å². The topological polar surface area (TPSA) is 6.48 Å². The maximum absolute atomic E-state index is 2.77. The van der Waals surface area contributed by atoms with Crippen molar-refractivity contribution in [3.63, 3.8) is 0 Å². The second-order valence-corrected chi connectivity index (χ2v) is 23.4. The number of rotatable bonds is 3. The van der Waals surface area contributed by atoms with Gasteiger partial charge in [0.25, 0.3) is 0 Å². The summed E-state index contributed by atoms with van der Waals surface area (Å²) in [5.74, 6) is 0. The minimum Gasteiger partial charge on any atom is -0.375 e. The Kier molecular flexibility index (Phi) is 8.36. The van der Waals surface area contributed by atoms with Gasteiger partial charge < -0.3 is 9.71 Å². The molecule has 5 heteroatoms. The molecule has 0 unspecified atom stereocenters. The van der Waals surface area contributed by atoms with Crippen LogP contribution in [0, 0.1) is 0 Å². The molecule has 13 rings (SSSR count). The van der Waals surface area contributed by atoms with Crippen molar-refractivity contribution >= 4 is 98.5 Å². The number of benzene rings is 8. The number of fused-ring (bicyclic) bond motifs is 14. The minimum atomic E-state index is -0.241. The van der Waals surface area contributed by atoms with Gasteiger partial charge in [0.1, 0.15) is 0 Å². The zero-order valence-electron chi connectivity index (χ0n) is 38.9. The third-order valence-electron chi connectivity index (χ3n) is 15.0. The minimum absolute atomic E-state index is 0.0233. The zero-order chi connectivity index (χ0) is 45.0. The Bertz CT molecular complexity index is 3650. The van der Waals surface area contributed by atoms with Crippen molar-refractivity contribution in [2.24, 2.45) is 0 Å². The molecule has 1 aliphatic carbocycles. The van der Waals surface area contributed by atoms with E-state index < -0.39 is 0 Å². The average molecular weight is 887 g/mol. The van der Waals surface area contributed by atoms with Gasteiger partial charge in [-0.25, -0.2) is 0 Å². The van der Waals surface area contributed by atoms with E-state index in [-0.39, 0.29) is 23.1 Å². The summed E-state index contributed by atoms with van der Waals surface area (Å²) < 4.78 is 3.98. The van der Waals surface area contributed by atoms with Gasteiger partial charge in [0.05, 0.1) is 21.1 Å². The van der Waals surface area contributed by atoms with Crippen LogP contribution in [0.15, 0.2) is 164 Å². The maximum atomic E-state index is 2.77. The van der Waals surface area contributed by atoms with Gasteiger partial charge in [0.15, 0.2) is 0 Å². The molecule has 10 aromatic rings. The van der Waals surface area contributed by atoms with Crippen LogP contribution in [0.5, 0.6) is 0 Å². The molecule has 2 nitrogen and oxygen atoms in total. The summed E-state index contributed by atoms with van der Waals surface area (Å²) in [6.45, 7) is 18.8. The van der Waals surface area contributed by atoms with Crippen LogP contribution >= 0.6 is 22.7 Å². The molecule has 0 N–H and O–H groups in total. The third-order valence-corrected chi connectivity index (χ3v) is 17.3. The van der Waals surface area contributed by atoms with E-state index in [0.717, 1.165) is 0 Å². The second kappa shape index (κ2) is 13.8. The summed E-state index contributed by atoms with van der Waals surface area (Å²) in [7, 11) is 0. The Morgan fingerprint density at radius 3 is 1.89 bits per heavy atom. The number of thiophene rings is 2.